The lowest BCUT2D eigenvalue weighted by Gasteiger charge is -2.32. The Labute approximate surface area is 188 Å². The van der Waals surface area contributed by atoms with Gasteiger partial charge in [0.1, 0.15) is 17.6 Å². The van der Waals surface area contributed by atoms with Crippen LogP contribution in [0, 0.1) is 6.92 Å². The number of aromatic nitrogens is 1. The van der Waals surface area contributed by atoms with Gasteiger partial charge in [-0.25, -0.2) is 0 Å². The Bertz CT molecular complexity index is 1110. The van der Waals surface area contributed by atoms with Crippen LogP contribution in [0.3, 0.4) is 0 Å². The van der Waals surface area contributed by atoms with Gasteiger partial charge in [0.15, 0.2) is 6.61 Å². The van der Waals surface area contributed by atoms with Crippen LogP contribution in [0.4, 0.5) is 0 Å². The number of rotatable bonds is 6. The van der Waals surface area contributed by atoms with Gasteiger partial charge < -0.3 is 18.9 Å². The molecule has 1 aromatic heterocycles. The van der Waals surface area contributed by atoms with Gasteiger partial charge in [-0.3, -0.25) is 9.59 Å². The fourth-order valence-electron chi connectivity index (χ4n) is 3.83. The third kappa shape index (κ3) is 5.19. The molecule has 0 saturated carbocycles. The van der Waals surface area contributed by atoms with Gasteiger partial charge >= 0.3 is 0 Å². The molecule has 2 aromatic carbocycles. The van der Waals surface area contributed by atoms with Crippen molar-refractivity contribution in [1.29, 1.82) is 0 Å². The number of hydrogen-bond donors (Lipinski definition) is 0. The Hall–Kier alpha value is -3.54. The molecule has 166 valence electrons. The van der Waals surface area contributed by atoms with E-state index in [2.05, 4.69) is 12.1 Å². The highest BCUT2D eigenvalue weighted by molar-refractivity contribution is 5.78. The van der Waals surface area contributed by atoms with Gasteiger partial charge in [0.2, 0.25) is 0 Å². The standard InChI is InChI=1S/C26H28N2O4/c1-19-16-24(17-25(29)27(19)2)32-23-12-14-28(15-13-23)26(30)18-31-22-10-8-21(9-11-22)20-6-4-3-5-7-20/h3-11,16-17,23H,12-15,18H2,1-2H3. The number of pyridine rings is 1. The maximum absolute atomic E-state index is 12.6. The van der Waals surface area contributed by atoms with Gasteiger partial charge in [-0.15, -0.1) is 0 Å². The van der Waals surface area contributed by atoms with E-state index >= 15 is 0 Å². The zero-order chi connectivity index (χ0) is 22.5. The monoisotopic (exact) mass is 432 g/mol. The molecule has 0 radical (unpaired) electrons. The highest BCUT2D eigenvalue weighted by atomic mass is 16.5. The fourth-order valence-corrected chi connectivity index (χ4v) is 3.83. The van der Waals surface area contributed by atoms with E-state index in [1.807, 2.05) is 60.4 Å². The molecule has 0 aliphatic carbocycles. The highest BCUT2D eigenvalue weighted by Crippen LogP contribution is 2.22. The van der Waals surface area contributed by atoms with Crippen LogP contribution in [-0.4, -0.2) is 41.2 Å². The Morgan fingerprint density at radius 2 is 1.59 bits per heavy atom. The van der Waals surface area contributed by atoms with Crippen LogP contribution in [0.25, 0.3) is 11.1 Å². The maximum atomic E-state index is 12.6. The van der Waals surface area contributed by atoms with Crippen LogP contribution in [-0.2, 0) is 11.8 Å². The van der Waals surface area contributed by atoms with E-state index in [9.17, 15) is 9.59 Å². The quantitative estimate of drug-likeness (QED) is 0.594. The summed E-state index contributed by atoms with van der Waals surface area (Å²) in [5.41, 5.74) is 3.03. The van der Waals surface area contributed by atoms with E-state index in [-0.39, 0.29) is 24.2 Å². The second-order valence-corrected chi connectivity index (χ2v) is 8.11. The van der Waals surface area contributed by atoms with Crippen molar-refractivity contribution < 1.29 is 14.3 Å². The summed E-state index contributed by atoms with van der Waals surface area (Å²) in [6.07, 6.45) is 1.45. The van der Waals surface area contributed by atoms with Gasteiger partial charge in [-0.2, -0.15) is 0 Å². The minimum absolute atomic E-state index is 0.00277. The maximum Gasteiger partial charge on any atom is 0.260 e. The van der Waals surface area contributed by atoms with Crippen LogP contribution in [0.15, 0.2) is 71.5 Å². The van der Waals surface area contributed by atoms with E-state index < -0.39 is 0 Å². The molecule has 0 atom stereocenters. The Kier molecular flexibility index (Phi) is 6.59. The average Bonchev–Trinajstić information content (AvgIpc) is 2.82. The van der Waals surface area contributed by atoms with Gasteiger partial charge in [0.05, 0.1) is 0 Å². The zero-order valence-corrected chi connectivity index (χ0v) is 18.5. The van der Waals surface area contributed by atoms with Crippen LogP contribution in [0.2, 0.25) is 0 Å². The third-order valence-electron chi connectivity index (χ3n) is 5.90. The molecule has 0 bridgehead atoms. The molecule has 6 nitrogen and oxygen atoms in total. The first-order valence-corrected chi connectivity index (χ1v) is 10.9. The summed E-state index contributed by atoms with van der Waals surface area (Å²) in [5, 5.41) is 0. The summed E-state index contributed by atoms with van der Waals surface area (Å²) < 4.78 is 13.3. The summed E-state index contributed by atoms with van der Waals surface area (Å²) in [7, 11) is 1.74. The van der Waals surface area contributed by atoms with E-state index in [0.717, 1.165) is 29.7 Å². The van der Waals surface area contributed by atoms with Gasteiger partial charge in [0.25, 0.3) is 11.5 Å². The second kappa shape index (κ2) is 9.73. The second-order valence-electron chi connectivity index (χ2n) is 8.11. The van der Waals surface area contributed by atoms with E-state index in [0.29, 0.717) is 24.6 Å². The van der Waals surface area contributed by atoms with Crippen molar-refractivity contribution >= 4 is 5.91 Å². The molecular formula is C26H28N2O4. The number of hydrogen-bond acceptors (Lipinski definition) is 4. The minimum atomic E-state index is -0.0819. The van der Waals surface area contributed by atoms with Crippen molar-refractivity contribution in [2.24, 2.45) is 7.05 Å². The Morgan fingerprint density at radius 3 is 2.25 bits per heavy atom. The highest BCUT2D eigenvalue weighted by Gasteiger charge is 2.24. The van der Waals surface area contributed by atoms with Crippen LogP contribution >= 0.6 is 0 Å². The average molecular weight is 433 g/mol. The largest absolute Gasteiger partial charge is 0.490 e. The zero-order valence-electron chi connectivity index (χ0n) is 18.5. The smallest absolute Gasteiger partial charge is 0.260 e. The van der Waals surface area contributed by atoms with E-state index in [4.69, 9.17) is 9.47 Å². The molecule has 6 heteroatoms. The van der Waals surface area contributed by atoms with Crippen LogP contribution in [0.5, 0.6) is 11.5 Å². The normalized spacial score (nSPS) is 14.2. The summed E-state index contributed by atoms with van der Waals surface area (Å²) in [6.45, 7) is 3.13. The van der Waals surface area contributed by atoms with Crippen molar-refractivity contribution in [3.05, 3.63) is 82.8 Å². The molecule has 1 amide bonds. The summed E-state index contributed by atoms with van der Waals surface area (Å²) in [4.78, 5) is 26.3. The van der Waals surface area contributed by atoms with Gasteiger partial charge in [-0.1, -0.05) is 42.5 Å². The van der Waals surface area contributed by atoms with Gasteiger partial charge in [-0.05, 0) is 36.2 Å². The third-order valence-corrected chi connectivity index (χ3v) is 5.90. The molecule has 1 fully saturated rings. The number of benzene rings is 2. The number of carbonyl (C=O) groups excluding carboxylic acids is 1. The summed E-state index contributed by atoms with van der Waals surface area (Å²) in [5.74, 6) is 1.25. The first-order valence-electron chi connectivity index (χ1n) is 10.9. The molecule has 1 saturated heterocycles. The molecule has 0 unspecified atom stereocenters. The van der Waals surface area contributed by atoms with Crippen molar-refractivity contribution in [3.8, 4) is 22.6 Å². The van der Waals surface area contributed by atoms with Crippen LogP contribution in [0.1, 0.15) is 18.5 Å². The lowest BCUT2D eigenvalue weighted by atomic mass is 10.1. The molecular weight excluding hydrogens is 404 g/mol. The van der Waals surface area contributed by atoms with Crippen molar-refractivity contribution in [2.45, 2.75) is 25.9 Å². The molecule has 1 aliphatic rings. The molecule has 1 aliphatic heterocycles. The predicted octanol–water partition coefficient (Wildman–Crippen LogP) is 3.81. The number of ether oxygens (including phenoxy) is 2. The SMILES string of the molecule is Cc1cc(OC2CCN(C(=O)COc3ccc(-c4ccccc4)cc3)CC2)cc(=O)n1C. The summed E-state index contributed by atoms with van der Waals surface area (Å²) >= 11 is 0. The fraction of sp³-hybridized carbons (Fsp3) is 0.308. The van der Waals surface area contributed by atoms with E-state index in [1.54, 1.807) is 11.6 Å². The molecule has 3 aromatic rings. The van der Waals surface area contributed by atoms with Gasteiger partial charge in [0, 0.05) is 44.7 Å². The van der Waals surface area contributed by atoms with Crippen LogP contribution < -0.4 is 15.0 Å². The first kappa shape index (κ1) is 21.7. The molecule has 0 spiro atoms. The predicted molar refractivity (Wildman–Crippen MR) is 124 cm³/mol. The number of amides is 1. The van der Waals surface area contributed by atoms with Crippen molar-refractivity contribution in [3.63, 3.8) is 0 Å². The lowest BCUT2D eigenvalue weighted by Crippen LogP contribution is -2.43. The molecule has 2 heterocycles. The van der Waals surface area contributed by atoms with Crippen molar-refractivity contribution in [2.75, 3.05) is 19.7 Å². The Morgan fingerprint density at radius 1 is 0.938 bits per heavy atom. The summed E-state index contributed by atoms with van der Waals surface area (Å²) in [6, 6.07) is 21.3. The molecule has 32 heavy (non-hydrogen) atoms. The number of likely N-dealkylation sites (tertiary alicyclic amines) is 1. The number of piperidine rings is 1. The number of nitrogens with zero attached hydrogens (tertiary/aromatic N) is 2. The Balaban J connectivity index is 1.24. The number of aryl methyl sites for hydroxylation is 1. The lowest BCUT2D eigenvalue weighted by molar-refractivity contribution is -0.135. The minimum Gasteiger partial charge on any atom is -0.490 e. The first-order chi connectivity index (χ1) is 15.5. The topological polar surface area (TPSA) is 60.8 Å². The number of carbonyl (C=O) groups is 1. The van der Waals surface area contributed by atoms with Crippen molar-refractivity contribution in [1.82, 2.24) is 9.47 Å². The molecule has 0 N–H and O–H groups in total. The molecule has 4 rings (SSSR count). The van der Waals surface area contributed by atoms with E-state index in [1.165, 1.54) is 6.07 Å².